The van der Waals surface area contributed by atoms with Crippen LogP contribution in [0.5, 0.6) is 0 Å². The SMILES string of the molecule is CCOC(=O)CCc1oc2ccccc2c1C(C(=O)C(NC(=O)OC(C)(C)C)C(C)C)C1CCCN1. The molecule has 2 heterocycles. The summed E-state index contributed by atoms with van der Waals surface area (Å²) < 4.78 is 16.8. The molecule has 1 amide bonds. The van der Waals surface area contributed by atoms with E-state index in [1.807, 2.05) is 38.1 Å². The Hall–Kier alpha value is -2.87. The highest BCUT2D eigenvalue weighted by Crippen LogP contribution is 2.38. The molecule has 3 rings (SSSR count). The number of Topliss-reactive ketones (excluding diaryl/α,β-unsaturated/α-hetero) is 1. The molecule has 0 saturated carbocycles. The number of benzene rings is 1. The fourth-order valence-electron chi connectivity index (χ4n) is 4.82. The zero-order valence-electron chi connectivity index (χ0n) is 22.3. The molecule has 36 heavy (non-hydrogen) atoms. The molecule has 1 aliphatic heterocycles. The lowest BCUT2D eigenvalue weighted by molar-refractivity contribution is -0.143. The number of furan rings is 1. The Balaban J connectivity index is 2.03. The molecule has 1 aromatic carbocycles. The molecule has 3 atom stereocenters. The van der Waals surface area contributed by atoms with Crippen LogP contribution in [-0.2, 0) is 25.5 Å². The van der Waals surface area contributed by atoms with E-state index in [2.05, 4.69) is 10.6 Å². The summed E-state index contributed by atoms with van der Waals surface area (Å²) in [6, 6.07) is 6.76. The van der Waals surface area contributed by atoms with E-state index >= 15 is 0 Å². The van der Waals surface area contributed by atoms with Gasteiger partial charge in [0.2, 0.25) is 0 Å². The standard InChI is InChI=1S/C28H40N2O6/c1-7-34-22(31)15-14-21-23(18-11-8-9-13-20(18)35-21)24(19-12-10-16-29-19)26(32)25(17(2)3)30-27(33)36-28(4,5)6/h8-9,11,13,17,19,24-25,29H,7,10,12,14-16H2,1-6H3,(H,30,33). The average Bonchev–Trinajstić information content (AvgIpc) is 3.44. The number of amides is 1. The zero-order valence-corrected chi connectivity index (χ0v) is 22.3. The molecule has 2 N–H and O–H groups in total. The molecule has 2 aromatic rings. The minimum atomic E-state index is -0.751. The van der Waals surface area contributed by atoms with Crippen molar-refractivity contribution in [1.82, 2.24) is 10.6 Å². The molecule has 1 saturated heterocycles. The molecule has 0 spiro atoms. The van der Waals surface area contributed by atoms with E-state index in [4.69, 9.17) is 13.9 Å². The van der Waals surface area contributed by atoms with Crippen LogP contribution in [0, 0.1) is 5.92 Å². The topological polar surface area (TPSA) is 107 Å². The summed E-state index contributed by atoms with van der Waals surface area (Å²) in [5.41, 5.74) is 0.779. The third-order valence-corrected chi connectivity index (χ3v) is 6.34. The number of aryl methyl sites for hydroxylation is 1. The predicted molar refractivity (Wildman–Crippen MR) is 138 cm³/mol. The molecule has 0 radical (unpaired) electrons. The van der Waals surface area contributed by atoms with Gasteiger partial charge in [-0.05, 0) is 59.1 Å². The monoisotopic (exact) mass is 500 g/mol. The molecular formula is C28H40N2O6. The number of hydrogen-bond donors (Lipinski definition) is 2. The van der Waals surface area contributed by atoms with Crippen LogP contribution < -0.4 is 10.6 Å². The van der Waals surface area contributed by atoms with Crippen molar-refractivity contribution < 1.29 is 28.3 Å². The number of carbonyl (C=O) groups is 3. The molecule has 0 aliphatic carbocycles. The van der Waals surface area contributed by atoms with Crippen molar-refractivity contribution in [1.29, 1.82) is 0 Å². The molecule has 8 heteroatoms. The Bertz CT molecular complexity index is 1060. The molecule has 0 bridgehead atoms. The Labute approximate surface area is 213 Å². The molecule has 1 aliphatic rings. The fraction of sp³-hybridized carbons (Fsp3) is 0.607. The first-order valence-electron chi connectivity index (χ1n) is 12.9. The van der Waals surface area contributed by atoms with Gasteiger partial charge in [0.1, 0.15) is 16.9 Å². The minimum absolute atomic E-state index is 0.0980. The maximum absolute atomic E-state index is 14.3. The van der Waals surface area contributed by atoms with Crippen molar-refractivity contribution in [2.75, 3.05) is 13.2 Å². The zero-order chi connectivity index (χ0) is 26.5. The number of hydrogen-bond acceptors (Lipinski definition) is 7. The first kappa shape index (κ1) is 27.7. The Morgan fingerprint density at radius 3 is 2.53 bits per heavy atom. The first-order valence-corrected chi connectivity index (χ1v) is 12.9. The Morgan fingerprint density at radius 2 is 1.92 bits per heavy atom. The maximum atomic E-state index is 14.3. The van der Waals surface area contributed by atoms with Gasteiger partial charge in [0.15, 0.2) is 5.78 Å². The van der Waals surface area contributed by atoms with Crippen LogP contribution in [0.2, 0.25) is 0 Å². The van der Waals surface area contributed by atoms with E-state index in [9.17, 15) is 14.4 Å². The number of ether oxygens (including phenoxy) is 2. The van der Waals surface area contributed by atoms with Crippen LogP contribution in [0.25, 0.3) is 11.0 Å². The van der Waals surface area contributed by atoms with Gasteiger partial charge in [-0.1, -0.05) is 32.0 Å². The van der Waals surface area contributed by atoms with Gasteiger partial charge in [0.05, 0.1) is 25.0 Å². The number of carbonyl (C=O) groups excluding carboxylic acids is 3. The summed E-state index contributed by atoms with van der Waals surface area (Å²) >= 11 is 0. The number of fused-ring (bicyclic) bond motifs is 1. The fourth-order valence-corrected chi connectivity index (χ4v) is 4.82. The van der Waals surface area contributed by atoms with Crippen molar-refractivity contribution >= 4 is 28.8 Å². The van der Waals surface area contributed by atoms with Crippen LogP contribution in [0.4, 0.5) is 4.79 Å². The van der Waals surface area contributed by atoms with Crippen LogP contribution >= 0.6 is 0 Å². The second kappa shape index (κ2) is 11.9. The molecule has 198 valence electrons. The van der Waals surface area contributed by atoms with Crippen molar-refractivity contribution in [2.24, 2.45) is 5.92 Å². The molecular weight excluding hydrogens is 460 g/mol. The summed E-state index contributed by atoms with van der Waals surface area (Å²) in [6.45, 7) is 12.1. The van der Waals surface area contributed by atoms with Gasteiger partial charge < -0.3 is 24.5 Å². The second-order valence-corrected chi connectivity index (χ2v) is 10.7. The third kappa shape index (κ3) is 6.87. The van der Waals surface area contributed by atoms with E-state index in [1.165, 1.54) is 0 Å². The predicted octanol–water partition coefficient (Wildman–Crippen LogP) is 4.88. The van der Waals surface area contributed by atoms with Gasteiger partial charge in [0.25, 0.3) is 0 Å². The lowest BCUT2D eigenvalue weighted by Gasteiger charge is -2.30. The lowest BCUT2D eigenvalue weighted by Crippen LogP contribution is -2.50. The average molecular weight is 501 g/mol. The first-order chi connectivity index (χ1) is 17.0. The van der Waals surface area contributed by atoms with Crippen molar-refractivity contribution in [3.05, 3.63) is 35.6 Å². The molecule has 3 unspecified atom stereocenters. The lowest BCUT2D eigenvalue weighted by atomic mass is 9.79. The highest BCUT2D eigenvalue weighted by atomic mass is 16.6. The maximum Gasteiger partial charge on any atom is 0.408 e. The van der Waals surface area contributed by atoms with Gasteiger partial charge >= 0.3 is 12.1 Å². The normalized spacial score (nSPS) is 17.7. The van der Waals surface area contributed by atoms with Crippen molar-refractivity contribution in [3.8, 4) is 0 Å². The molecule has 8 nitrogen and oxygen atoms in total. The number of nitrogens with one attached hydrogen (secondary N) is 2. The summed E-state index contributed by atoms with van der Waals surface area (Å²) in [5.74, 6) is -0.515. The summed E-state index contributed by atoms with van der Waals surface area (Å²) in [4.78, 5) is 39.1. The van der Waals surface area contributed by atoms with E-state index < -0.39 is 23.7 Å². The van der Waals surface area contributed by atoms with Crippen LogP contribution in [0.3, 0.4) is 0 Å². The van der Waals surface area contributed by atoms with E-state index in [0.29, 0.717) is 24.4 Å². The van der Waals surface area contributed by atoms with Crippen LogP contribution in [-0.4, -0.2) is 48.7 Å². The number of alkyl carbamates (subject to hydrolysis) is 1. The molecule has 1 aromatic heterocycles. The highest BCUT2D eigenvalue weighted by Gasteiger charge is 2.41. The smallest absolute Gasteiger partial charge is 0.408 e. The van der Waals surface area contributed by atoms with Gasteiger partial charge in [-0.2, -0.15) is 0 Å². The Kier molecular flexibility index (Phi) is 9.17. The number of ketones is 1. The van der Waals surface area contributed by atoms with Gasteiger partial charge in [0, 0.05) is 23.4 Å². The number of para-hydroxylation sites is 1. The van der Waals surface area contributed by atoms with Gasteiger partial charge in [-0.3, -0.25) is 9.59 Å². The largest absolute Gasteiger partial charge is 0.466 e. The van der Waals surface area contributed by atoms with Gasteiger partial charge in [-0.25, -0.2) is 4.79 Å². The molecule has 1 fully saturated rings. The van der Waals surface area contributed by atoms with Crippen molar-refractivity contribution in [2.45, 2.75) is 90.8 Å². The highest BCUT2D eigenvalue weighted by molar-refractivity contribution is 5.98. The van der Waals surface area contributed by atoms with Crippen LogP contribution in [0.15, 0.2) is 28.7 Å². The van der Waals surface area contributed by atoms with Crippen molar-refractivity contribution in [3.63, 3.8) is 0 Å². The summed E-state index contributed by atoms with van der Waals surface area (Å²) in [6.07, 6.45) is 1.64. The van der Waals surface area contributed by atoms with E-state index in [1.54, 1.807) is 27.7 Å². The minimum Gasteiger partial charge on any atom is -0.466 e. The van der Waals surface area contributed by atoms with Crippen LogP contribution in [0.1, 0.15) is 78.0 Å². The quantitative estimate of drug-likeness (QED) is 0.448. The second-order valence-electron chi connectivity index (χ2n) is 10.7. The third-order valence-electron chi connectivity index (χ3n) is 6.34. The van der Waals surface area contributed by atoms with E-state index in [-0.39, 0.29) is 30.1 Å². The number of esters is 1. The Morgan fingerprint density at radius 1 is 1.19 bits per heavy atom. The summed E-state index contributed by atoms with van der Waals surface area (Å²) in [7, 11) is 0. The van der Waals surface area contributed by atoms with E-state index in [0.717, 1.165) is 30.3 Å². The van der Waals surface area contributed by atoms with Gasteiger partial charge in [-0.15, -0.1) is 0 Å². The number of rotatable bonds is 10. The summed E-state index contributed by atoms with van der Waals surface area (Å²) in [5, 5.41) is 7.17.